The maximum Gasteiger partial charge on any atom is 0.202 e. The number of pyridine rings is 1. The Labute approximate surface area is 146 Å². The quantitative estimate of drug-likeness (QED) is 0.756. The van der Waals surface area contributed by atoms with Crippen LogP contribution in [0.1, 0.15) is 13.3 Å². The van der Waals surface area contributed by atoms with Crippen molar-refractivity contribution in [2.45, 2.75) is 26.1 Å². The summed E-state index contributed by atoms with van der Waals surface area (Å²) in [6, 6.07) is 3.92. The van der Waals surface area contributed by atoms with Crippen molar-refractivity contribution in [1.82, 2.24) is 19.3 Å². The molecule has 0 aliphatic carbocycles. The summed E-state index contributed by atoms with van der Waals surface area (Å²) in [7, 11) is -0.992. The molecule has 2 aromatic heterocycles. The Kier molecular flexibility index (Phi) is 4.84. The molecule has 1 saturated heterocycles. The summed E-state index contributed by atoms with van der Waals surface area (Å²) in [6.45, 7) is 3.48. The summed E-state index contributed by atoms with van der Waals surface area (Å²) >= 11 is 5.52. The Balaban J connectivity index is 1.86. The molecular formula is C15H22N5O2S2+. The lowest BCUT2D eigenvalue weighted by atomic mass is 10.2. The van der Waals surface area contributed by atoms with Crippen molar-refractivity contribution < 1.29 is 13.3 Å². The fraction of sp³-hybridized carbons (Fsp3) is 0.533. The fourth-order valence-corrected chi connectivity index (χ4v) is 5.20. The zero-order valence-electron chi connectivity index (χ0n) is 13.8. The molecule has 2 atom stereocenters. The summed E-state index contributed by atoms with van der Waals surface area (Å²) in [6.07, 6.45) is 4.16. The number of hydrogen-bond acceptors (Lipinski definition) is 5. The largest absolute Gasteiger partial charge is 0.313 e. The standard InChI is InChI=1S/C15H21N5O2S2/c1-3-19(13-6-9-24(21,22)10-13)11-20-15(23)18(2)14(17-20)12-4-7-16-8-5-12/h4-5,7-8,13H,3,6,9-11H2,1-2H3/p+1/t13-/m0/s1. The SMILES string of the molecule is CC[NH+](Cn1nc(-c2ccncc2)n(C)c1=S)[C@H]1CCS(=O)(=O)C1. The molecule has 24 heavy (non-hydrogen) atoms. The van der Waals surface area contributed by atoms with Gasteiger partial charge in [0.2, 0.25) is 4.77 Å². The Morgan fingerprint density at radius 2 is 2.08 bits per heavy atom. The highest BCUT2D eigenvalue weighted by molar-refractivity contribution is 7.91. The number of aromatic nitrogens is 4. The molecule has 2 aromatic rings. The van der Waals surface area contributed by atoms with E-state index in [-0.39, 0.29) is 17.5 Å². The smallest absolute Gasteiger partial charge is 0.202 e. The maximum atomic E-state index is 11.8. The van der Waals surface area contributed by atoms with Gasteiger partial charge in [0.05, 0.1) is 12.3 Å². The molecule has 0 spiro atoms. The average Bonchev–Trinajstić information content (AvgIpc) is 3.07. The van der Waals surface area contributed by atoms with Crippen LogP contribution < -0.4 is 4.90 Å². The average molecular weight is 369 g/mol. The number of rotatable bonds is 5. The molecule has 1 aliphatic rings. The highest BCUT2D eigenvalue weighted by atomic mass is 32.2. The van der Waals surface area contributed by atoms with Crippen molar-refractivity contribution in [3.8, 4) is 11.4 Å². The predicted molar refractivity (Wildman–Crippen MR) is 93.8 cm³/mol. The van der Waals surface area contributed by atoms with Gasteiger partial charge in [0.25, 0.3) is 0 Å². The van der Waals surface area contributed by atoms with E-state index < -0.39 is 9.84 Å². The molecule has 1 unspecified atom stereocenters. The highest BCUT2D eigenvalue weighted by Gasteiger charge is 2.35. The maximum absolute atomic E-state index is 11.8. The molecule has 0 radical (unpaired) electrons. The van der Waals surface area contributed by atoms with Crippen molar-refractivity contribution >= 4 is 22.1 Å². The highest BCUT2D eigenvalue weighted by Crippen LogP contribution is 2.15. The van der Waals surface area contributed by atoms with E-state index in [1.54, 1.807) is 17.1 Å². The molecule has 130 valence electrons. The van der Waals surface area contributed by atoms with E-state index >= 15 is 0 Å². The van der Waals surface area contributed by atoms with Gasteiger partial charge in [-0.1, -0.05) is 0 Å². The van der Waals surface area contributed by atoms with Crippen LogP contribution in [0.4, 0.5) is 0 Å². The van der Waals surface area contributed by atoms with Crippen LogP contribution in [0.2, 0.25) is 0 Å². The zero-order valence-corrected chi connectivity index (χ0v) is 15.5. The van der Waals surface area contributed by atoms with Crippen LogP contribution in [-0.4, -0.2) is 51.8 Å². The fourth-order valence-electron chi connectivity index (χ4n) is 3.18. The van der Waals surface area contributed by atoms with E-state index in [4.69, 9.17) is 12.2 Å². The Morgan fingerprint density at radius 3 is 2.67 bits per heavy atom. The van der Waals surface area contributed by atoms with E-state index in [2.05, 4.69) is 17.0 Å². The molecule has 0 bridgehead atoms. The van der Waals surface area contributed by atoms with E-state index in [0.29, 0.717) is 17.9 Å². The number of nitrogens with zero attached hydrogens (tertiary/aromatic N) is 4. The van der Waals surface area contributed by atoms with Gasteiger partial charge < -0.3 is 9.47 Å². The zero-order chi connectivity index (χ0) is 17.3. The summed E-state index contributed by atoms with van der Waals surface area (Å²) in [5, 5.41) is 4.65. The van der Waals surface area contributed by atoms with Crippen molar-refractivity contribution in [2.24, 2.45) is 7.05 Å². The van der Waals surface area contributed by atoms with Crippen LogP contribution in [0.5, 0.6) is 0 Å². The van der Waals surface area contributed by atoms with Gasteiger partial charge in [-0.3, -0.25) is 4.98 Å². The van der Waals surface area contributed by atoms with Gasteiger partial charge in [0.1, 0.15) is 11.8 Å². The summed E-state index contributed by atoms with van der Waals surface area (Å²) in [5.74, 6) is 1.34. The van der Waals surface area contributed by atoms with Crippen molar-refractivity contribution in [2.75, 3.05) is 18.1 Å². The number of sulfone groups is 1. The lowest BCUT2D eigenvalue weighted by Gasteiger charge is -2.22. The predicted octanol–water partition coefficient (Wildman–Crippen LogP) is 0.0625. The number of hydrogen-bond donors (Lipinski definition) is 1. The van der Waals surface area contributed by atoms with Gasteiger partial charge in [-0.2, -0.15) is 4.68 Å². The second kappa shape index (κ2) is 6.73. The van der Waals surface area contributed by atoms with Crippen LogP contribution in [0.15, 0.2) is 24.5 Å². The van der Waals surface area contributed by atoms with Gasteiger partial charge in [0.15, 0.2) is 22.3 Å². The number of quaternary nitrogens is 1. The molecule has 0 saturated carbocycles. The van der Waals surface area contributed by atoms with E-state index in [1.165, 1.54) is 4.90 Å². The first kappa shape index (κ1) is 17.2. The van der Waals surface area contributed by atoms with Crippen molar-refractivity contribution in [3.63, 3.8) is 0 Å². The van der Waals surface area contributed by atoms with Crippen LogP contribution in [-0.2, 0) is 23.6 Å². The molecular weight excluding hydrogens is 346 g/mol. The second-order valence-corrected chi connectivity index (χ2v) is 8.76. The minimum atomic E-state index is -2.89. The third-order valence-electron chi connectivity index (χ3n) is 4.60. The van der Waals surface area contributed by atoms with Crippen LogP contribution in [0.25, 0.3) is 11.4 Å². The van der Waals surface area contributed by atoms with Gasteiger partial charge in [-0.25, -0.2) is 8.42 Å². The Hall–Kier alpha value is -1.58. The Morgan fingerprint density at radius 1 is 1.38 bits per heavy atom. The number of nitrogens with one attached hydrogen (secondary N) is 1. The van der Waals surface area contributed by atoms with Crippen molar-refractivity contribution in [1.29, 1.82) is 0 Å². The van der Waals surface area contributed by atoms with Crippen LogP contribution in [0.3, 0.4) is 0 Å². The molecule has 3 heterocycles. The third kappa shape index (κ3) is 3.42. The van der Waals surface area contributed by atoms with Crippen molar-refractivity contribution in [3.05, 3.63) is 29.3 Å². The first-order valence-corrected chi connectivity index (χ1v) is 10.2. The third-order valence-corrected chi connectivity index (χ3v) is 6.85. The lowest BCUT2D eigenvalue weighted by Crippen LogP contribution is -3.15. The molecule has 1 aliphatic heterocycles. The molecule has 1 N–H and O–H groups in total. The molecule has 7 nitrogen and oxygen atoms in total. The summed E-state index contributed by atoms with van der Waals surface area (Å²) < 4.78 is 27.8. The van der Waals surface area contributed by atoms with Gasteiger partial charge >= 0.3 is 0 Å². The monoisotopic (exact) mass is 368 g/mol. The minimum absolute atomic E-state index is 0.119. The van der Waals surface area contributed by atoms with Crippen LogP contribution >= 0.6 is 12.2 Å². The van der Waals surface area contributed by atoms with Gasteiger partial charge in [-0.15, -0.1) is 5.10 Å². The van der Waals surface area contributed by atoms with Gasteiger partial charge in [-0.05, 0) is 31.3 Å². The van der Waals surface area contributed by atoms with E-state index in [0.717, 1.165) is 17.9 Å². The minimum Gasteiger partial charge on any atom is -0.313 e. The first-order valence-electron chi connectivity index (χ1n) is 8.00. The summed E-state index contributed by atoms with van der Waals surface area (Å²) in [4.78, 5) is 5.23. The molecule has 1 fully saturated rings. The Bertz CT molecular complexity index is 873. The first-order chi connectivity index (χ1) is 11.4. The second-order valence-electron chi connectivity index (χ2n) is 6.17. The molecule has 3 rings (SSSR count). The summed E-state index contributed by atoms with van der Waals surface area (Å²) in [5.41, 5.74) is 0.957. The molecule has 9 heteroatoms. The van der Waals surface area contributed by atoms with Gasteiger partial charge in [0, 0.05) is 31.4 Å². The lowest BCUT2D eigenvalue weighted by molar-refractivity contribution is -0.943. The van der Waals surface area contributed by atoms with Crippen LogP contribution in [0, 0.1) is 4.77 Å². The van der Waals surface area contributed by atoms with E-state index in [9.17, 15) is 8.42 Å². The van der Waals surface area contributed by atoms with E-state index in [1.807, 2.05) is 23.7 Å². The molecule has 0 aromatic carbocycles. The normalized spacial score (nSPS) is 21.0. The molecule has 0 amide bonds. The topological polar surface area (TPSA) is 74.2 Å².